The van der Waals surface area contributed by atoms with Crippen molar-refractivity contribution in [3.63, 3.8) is 0 Å². The minimum Gasteiger partial charge on any atom is -0.466 e. The Hall–Kier alpha value is -1.32. The lowest BCUT2D eigenvalue weighted by Gasteiger charge is -2.27. The third-order valence-corrected chi connectivity index (χ3v) is 2.87. The van der Waals surface area contributed by atoms with E-state index in [1.54, 1.807) is 19.9 Å². The van der Waals surface area contributed by atoms with Gasteiger partial charge in [0, 0.05) is 0 Å². The molecule has 1 aliphatic heterocycles. The second-order valence-electron chi connectivity index (χ2n) is 4.12. The zero-order chi connectivity index (χ0) is 12.2. The largest absolute Gasteiger partial charge is 0.466 e. The van der Waals surface area contributed by atoms with Gasteiger partial charge < -0.3 is 9.47 Å². The molecule has 4 heteroatoms. The highest BCUT2D eigenvalue weighted by Crippen LogP contribution is 2.37. The molecule has 0 aromatic rings. The summed E-state index contributed by atoms with van der Waals surface area (Å²) in [5.74, 6) is -1.16. The van der Waals surface area contributed by atoms with Crippen molar-refractivity contribution in [2.24, 2.45) is 5.92 Å². The average Bonchev–Trinajstić information content (AvgIpc) is 2.52. The molecule has 1 aliphatic rings. The molecule has 1 fully saturated rings. The first kappa shape index (κ1) is 12.7. The molecule has 0 aliphatic carbocycles. The Balaban J connectivity index is 2.75. The fourth-order valence-electron chi connectivity index (χ4n) is 1.94. The molecule has 1 heterocycles. The summed E-state index contributed by atoms with van der Waals surface area (Å²) in [6.45, 7) is 7.47. The summed E-state index contributed by atoms with van der Waals surface area (Å²) < 4.78 is 10.2. The monoisotopic (exact) mass is 226 g/mol. The second kappa shape index (κ2) is 5.14. The van der Waals surface area contributed by atoms with Gasteiger partial charge in [-0.15, -0.1) is 6.58 Å². The van der Waals surface area contributed by atoms with Crippen molar-refractivity contribution in [2.75, 3.05) is 6.61 Å². The highest BCUT2D eigenvalue weighted by Gasteiger charge is 2.49. The highest BCUT2D eigenvalue weighted by atomic mass is 16.6. The molecule has 90 valence electrons. The standard InChI is InChI=1S/C12H18O4/c1-4-6-7-12(3)9(8-10(13)16-12)11(14)15-5-2/h4,9H,1,5-8H2,2-3H3/t9-,12+/m0/s1. The minimum atomic E-state index is -0.739. The number of allylic oxidation sites excluding steroid dienone is 1. The Morgan fingerprint density at radius 3 is 3.00 bits per heavy atom. The molecule has 0 amide bonds. The summed E-state index contributed by atoms with van der Waals surface area (Å²) in [7, 11) is 0. The number of carbonyl (C=O) groups excluding carboxylic acids is 2. The molecular formula is C12H18O4. The van der Waals surface area contributed by atoms with Crippen LogP contribution >= 0.6 is 0 Å². The van der Waals surface area contributed by atoms with Crippen molar-refractivity contribution >= 4 is 11.9 Å². The van der Waals surface area contributed by atoms with E-state index in [4.69, 9.17) is 9.47 Å². The molecule has 4 nitrogen and oxygen atoms in total. The van der Waals surface area contributed by atoms with Crippen LogP contribution in [-0.4, -0.2) is 24.1 Å². The Morgan fingerprint density at radius 2 is 2.44 bits per heavy atom. The van der Waals surface area contributed by atoms with Gasteiger partial charge in [0.05, 0.1) is 13.0 Å². The average molecular weight is 226 g/mol. The van der Waals surface area contributed by atoms with Gasteiger partial charge in [-0.3, -0.25) is 9.59 Å². The lowest BCUT2D eigenvalue weighted by molar-refractivity contribution is -0.157. The van der Waals surface area contributed by atoms with Crippen LogP contribution in [0.25, 0.3) is 0 Å². The summed E-state index contributed by atoms with van der Waals surface area (Å²) in [4.78, 5) is 23.0. The number of cyclic esters (lactones) is 1. The first-order valence-electron chi connectivity index (χ1n) is 5.53. The van der Waals surface area contributed by atoms with Gasteiger partial charge in [-0.05, 0) is 26.7 Å². The van der Waals surface area contributed by atoms with Gasteiger partial charge in [0.1, 0.15) is 11.5 Å². The van der Waals surface area contributed by atoms with Gasteiger partial charge in [0.25, 0.3) is 0 Å². The van der Waals surface area contributed by atoms with E-state index in [1.165, 1.54) is 0 Å². The first-order valence-corrected chi connectivity index (χ1v) is 5.53. The van der Waals surface area contributed by atoms with Crippen molar-refractivity contribution in [3.05, 3.63) is 12.7 Å². The summed E-state index contributed by atoms with van der Waals surface area (Å²) in [6.07, 6.45) is 3.18. The summed E-state index contributed by atoms with van der Waals surface area (Å²) in [5.41, 5.74) is -0.739. The predicted molar refractivity (Wildman–Crippen MR) is 58.7 cm³/mol. The van der Waals surface area contributed by atoms with Crippen LogP contribution in [0.3, 0.4) is 0 Å². The lowest BCUT2D eigenvalue weighted by atomic mass is 9.85. The Labute approximate surface area is 95.6 Å². The van der Waals surface area contributed by atoms with Crippen molar-refractivity contribution in [1.29, 1.82) is 0 Å². The number of esters is 2. The van der Waals surface area contributed by atoms with Crippen molar-refractivity contribution in [3.8, 4) is 0 Å². The third kappa shape index (κ3) is 2.62. The molecule has 0 aromatic carbocycles. The van der Waals surface area contributed by atoms with E-state index in [2.05, 4.69) is 6.58 Å². The molecule has 0 unspecified atom stereocenters. The van der Waals surface area contributed by atoms with E-state index < -0.39 is 11.5 Å². The van der Waals surface area contributed by atoms with Gasteiger partial charge in [0.15, 0.2) is 0 Å². The molecule has 2 atom stereocenters. The topological polar surface area (TPSA) is 52.6 Å². The lowest BCUT2D eigenvalue weighted by Crippen LogP contribution is -2.37. The van der Waals surface area contributed by atoms with Crippen LogP contribution in [0, 0.1) is 5.92 Å². The maximum atomic E-state index is 11.7. The van der Waals surface area contributed by atoms with E-state index >= 15 is 0 Å². The molecule has 0 N–H and O–H groups in total. The van der Waals surface area contributed by atoms with E-state index in [0.29, 0.717) is 19.4 Å². The van der Waals surface area contributed by atoms with Crippen LogP contribution < -0.4 is 0 Å². The minimum absolute atomic E-state index is 0.118. The maximum Gasteiger partial charge on any atom is 0.313 e. The maximum absolute atomic E-state index is 11.7. The van der Waals surface area contributed by atoms with Gasteiger partial charge in [-0.25, -0.2) is 0 Å². The van der Waals surface area contributed by atoms with Crippen LogP contribution in [0.2, 0.25) is 0 Å². The zero-order valence-corrected chi connectivity index (χ0v) is 9.82. The van der Waals surface area contributed by atoms with Gasteiger partial charge in [-0.2, -0.15) is 0 Å². The number of hydrogen-bond acceptors (Lipinski definition) is 4. The summed E-state index contributed by atoms with van der Waals surface area (Å²) in [5, 5.41) is 0. The first-order chi connectivity index (χ1) is 7.53. The predicted octanol–water partition coefficient (Wildman–Crippen LogP) is 1.84. The van der Waals surface area contributed by atoms with Crippen molar-refractivity contribution < 1.29 is 19.1 Å². The molecule has 0 aromatic heterocycles. The molecule has 1 rings (SSSR count). The van der Waals surface area contributed by atoms with E-state index in [-0.39, 0.29) is 18.4 Å². The molecule has 16 heavy (non-hydrogen) atoms. The van der Waals surface area contributed by atoms with Crippen LogP contribution in [0.15, 0.2) is 12.7 Å². The molecule has 0 bridgehead atoms. The van der Waals surface area contributed by atoms with E-state index in [1.807, 2.05) is 0 Å². The molecule has 0 saturated carbocycles. The van der Waals surface area contributed by atoms with E-state index in [0.717, 1.165) is 0 Å². The van der Waals surface area contributed by atoms with Gasteiger partial charge in [-0.1, -0.05) is 6.08 Å². The van der Waals surface area contributed by atoms with Crippen molar-refractivity contribution in [1.82, 2.24) is 0 Å². The van der Waals surface area contributed by atoms with Crippen LogP contribution in [0.1, 0.15) is 33.1 Å². The van der Waals surface area contributed by atoms with Gasteiger partial charge >= 0.3 is 11.9 Å². The van der Waals surface area contributed by atoms with Gasteiger partial charge in [0.2, 0.25) is 0 Å². The van der Waals surface area contributed by atoms with Crippen LogP contribution in [-0.2, 0) is 19.1 Å². The Kier molecular flexibility index (Phi) is 4.10. The molecular weight excluding hydrogens is 208 g/mol. The molecule has 0 radical (unpaired) electrons. The van der Waals surface area contributed by atoms with Crippen LogP contribution in [0.5, 0.6) is 0 Å². The highest BCUT2D eigenvalue weighted by molar-refractivity contribution is 5.84. The number of hydrogen-bond donors (Lipinski definition) is 0. The fourth-order valence-corrected chi connectivity index (χ4v) is 1.94. The quantitative estimate of drug-likeness (QED) is 0.530. The third-order valence-electron chi connectivity index (χ3n) is 2.87. The van der Waals surface area contributed by atoms with E-state index in [9.17, 15) is 9.59 Å². The normalized spacial score (nSPS) is 28.6. The Bertz CT molecular complexity index is 297. The van der Waals surface area contributed by atoms with Crippen LogP contribution in [0.4, 0.5) is 0 Å². The number of carbonyl (C=O) groups is 2. The second-order valence-corrected chi connectivity index (χ2v) is 4.12. The number of rotatable bonds is 5. The Morgan fingerprint density at radius 1 is 1.75 bits per heavy atom. The zero-order valence-electron chi connectivity index (χ0n) is 9.82. The smallest absolute Gasteiger partial charge is 0.313 e. The SMILES string of the molecule is C=CCC[C@@]1(C)OC(=O)C[C@H]1C(=O)OCC. The summed E-state index contributed by atoms with van der Waals surface area (Å²) >= 11 is 0. The number of ether oxygens (including phenoxy) is 2. The van der Waals surface area contributed by atoms with Crippen molar-refractivity contribution in [2.45, 2.75) is 38.7 Å². The molecule has 1 saturated heterocycles. The fraction of sp³-hybridized carbons (Fsp3) is 0.667. The molecule has 0 spiro atoms. The summed E-state index contributed by atoms with van der Waals surface area (Å²) in [6, 6.07) is 0.